The minimum absolute atomic E-state index is 0.0505. The van der Waals surface area contributed by atoms with Crippen molar-refractivity contribution in [1.82, 2.24) is 10.2 Å². The van der Waals surface area contributed by atoms with Gasteiger partial charge in [0.15, 0.2) is 0 Å². The Hall–Kier alpha value is -1.81. The lowest BCUT2D eigenvalue weighted by Crippen LogP contribution is -1.79. The molecule has 1 aromatic heterocycles. The summed E-state index contributed by atoms with van der Waals surface area (Å²) >= 11 is 0. The zero-order valence-corrected chi connectivity index (χ0v) is 7.44. The number of H-pyrrole nitrogens is 1. The van der Waals surface area contributed by atoms with Crippen LogP contribution in [0.1, 0.15) is 5.69 Å². The van der Waals surface area contributed by atoms with E-state index in [1.807, 2.05) is 0 Å². The Kier molecular flexibility index (Phi) is 2.20. The number of benzene rings is 1. The number of hydrogen-bond acceptors (Lipinski definition) is 3. The average molecular weight is 190 g/mol. The summed E-state index contributed by atoms with van der Waals surface area (Å²) in [5, 5.41) is 24.6. The van der Waals surface area contributed by atoms with Crippen molar-refractivity contribution in [1.29, 1.82) is 0 Å². The molecule has 0 unspecified atom stereocenters. The molecular weight excluding hydrogens is 180 g/mol. The SMILES string of the molecule is OCc1cc(-c2ccc(O)cc2)n[nH]1. The van der Waals surface area contributed by atoms with Crippen molar-refractivity contribution < 1.29 is 10.2 Å². The standard InChI is InChI=1S/C10H10N2O2/c13-6-8-5-10(12-11-8)7-1-3-9(14)4-2-7/h1-5,13-14H,6H2,(H,11,12). The van der Waals surface area contributed by atoms with Crippen LogP contribution < -0.4 is 0 Å². The minimum Gasteiger partial charge on any atom is -0.508 e. The van der Waals surface area contributed by atoms with Crippen LogP contribution in [0.25, 0.3) is 11.3 Å². The van der Waals surface area contributed by atoms with Crippen molar-refractivity contribution in [3.63, 3.8) is 0 Å². The second-order valence-corrected chi connectivity index (χ2v) is 2.98. The third-order valence-electron chi connectivity index (χ3n) is 1.96. The zero-order valence-electron chi connectivity index (χ0n) is 7.44. The van der Waals surface area contributed by atoms with E-state index in [2.05, 4.69) is 10.2 Å². The molecule has 4 nitrogen and oxygen atoms in total. The Morgan fingerprint density at radius 2 is 1.93 bits per heavy atom. The fourth-order valence-electron chi connectivity index (χ4n) is 1.22. The molecule has 0 atom stereocenters. The molecule has 3 N–H and O–H groups in total. The maximum Gasteiger partial charge on any atom is 0.115 e. The first kappa shape index (κ1) is 8.77. The predicted molar refractivity (Wildman–Crippen MR) is 51.6 cm³/mol. The first-order chi connectivity index (χ1) is 6.79. The maximum atomic E-state index is 9.09. The van der Waals surface area contributed by atoms with E-state index in [0.29, 0.717) is 5.69 Å². The van der Waals surface area contributed by atoms with Gasteiger partial charge >= 0.3 is 0 Å². The molecule has 0 fully saturated rings. The summed E-state index contributed by atoms with van der Waals surface area (Å²) in [5.74, 6) is 0.228. The van der Waals surface area contributed by atoms with Crippen LogP contribution in [0.5, 0.6) is 5.75 Å². The Balaban J connectivity index is 2.34. The van der Waals surface area contributed by atoms with E-state index >= 15 is 0 Å². The molecule has 0 saturated heterocycles. The van der Waals surface area contributed by atoms with E-state index in [4.69, 9.17) is 10.2 Å². The lowest BCUT2D eigenvalue weighted by molar-refractivity contribution is 0.276. The van der Waals surface area contributed by atoms with Gasteiger partial charge in [0.2, 0.25) is 0 Å². The van der Waals surface area contributed by atoms with Gasteiger partial charge in [-0.3, -0.25) is 5.10 Å². The lowest BCUT2D eigenvalue weighted by Gasteiger charge is -1.95. The van der Waals surface area contributed by atoms with Crippen LogP contribution >= 0.6 is 0 Å². The summed E-state index contributed by atoms with van der Waals surface area (Å²) < 4.78 is 0. The number of aliphatic hydroxyl groups is 1. The fourth-order valence-corrected chi connectivity index (χ4v) is 1.22. The Morgan fingerprint density at radius 1 is 1.21 bits per heavy atom. The number of aromatic nitrogens is 2. The highest BCUT2D eigenvalue weighted by molar-refractivity contribution is 5.60. The molecule has 0 radical (unpaired) electrons. The number of phenols is 1. The number of rotatable bonds is 2. The van der Waals surface area contributed by atoms with Gasteiger partial charge in [0.1, 0.15) is 5.75 Å². The van der Waals surface area contributed by atoms with E-state index in [-0.39, 0.29) is 12.4 Å². The molecular formula is C10H10N2O2. The van der Waals surface area contributed by atoms with E-state index in [1.54, 1.807) is 30.3 Å². The highest BCUT2D eigenvalue weighted by Gasteiger charge is 2.02. The summed E-state index contributed by atoms with van der Waals surface area (Å²) in [7, 11) is 0. The first-order valence-electron chi connectivity index (χ1n) is 4.24. The average Bonchev–Trinajstić information content (AvgIpc) is 2.67. The number of hydrogen-bond donors (Lipinski definition) is 3. The van der Waals surface area contributed by atoms with E-state index in [9.17, 15) is 0 Å². The van der Waals surface area contributed by atoms with Gasteiger partial charge in [-0.05, 0) is 30.3 Å². The molecule has 0 aliphatic rings. The van der Waals surface area contributed by atoms with Crippen molar-refractivity contribution in [2.75, 3.05) is 0 Å². The second kappa shape index (κ2) is 3.51. The van der Waals surface area contributed by atoms with Gasteiger partial charge in [0.05, 0.1) is 18.0 Å². The number of phenolic OH excluding ortho intramolecular Hbond substituents is 1. The number of aromatic hydroxyl groups is 1. The van der Waals surface area contributed by atoms with Gasteiger partial charge in [-0.1, -0.05) is 0 Å². The minimum atomic E-state index is -0.0505. The summed E-state index contributed by atoms with van der Waals surface area (Å²) in [4.78, 5) is 0. The van der Waals surface area contributed by atoms with E-state index in [1.165, 1.54) is 0 Å². The number of nitrogens with zero attached hydrogens (tertiary/aromatic N) is 1. The molecule has 0 amide bonds. The van der Waals surface area contributed by atoms with E-state index in [0.717, 1.165) is 11.3 Å². The van der Waals surface area contributed by atoms with Crippen LogP contribution in [-0.4, -0.2) is 20.4 Å². The van der Waals surface area contributed by atoms with Crippen molar-refractivity contribution in [2.45, 2.75) is 6.61 Å². The van der Waals surface area contributed by atoms with Crippen LogP contribution in [-0.2, 0) is 6.61 Å². The number of nitrogens with one attached hydrogen (secondary N) is 1. The monoisotopic (exact) mass is 190 g/mol. The molecule has 0 spiro atoms. The van der Waals surface area contributed by atoms with Crippen molar-refractivity contribution in [3.8, 4) is 17.0 Å². The summed E-state index contributed by atoms with van der Waals surface area (Å²) in [6, 6.07) is 8.51. The highest BCUT2D eigenvalue weighted by atomic mass is 16.3. The smallest absolute Gasteiger partial charge is 0.115 e. The van der Waals surface area contributed by atoms with Crippen molar-refractivity contribution >= 4 is 0 Å². The molecule has 0 aliphatic carbocycles. The topological polar surface area (TPSA) is 69.1 Å². The van der Waals surface area contributed by atoms with Gasteiger partial charge in [-0.25, -0.2) is 0 Å². The van der Waals surface area contributed by atoms with Crippen LogP contribution in [0, 0.1) is 0 Å². The molecule has 0 bridgehead atoms. The van der Waals surface area contributed by atoms with Gasteiger partial charge in [-0.2, -0.15) is 5.10 Å². The van der Waals surface area contributed by atoms with Crippen LogP contribution in [0.4, 0.5) is 0 Å². The molecule has 1 aromatic carbocycles. The third-order valence-corrected chi connectivity index (χ3v) is 1.96. The van der Waals surface area contributed by atoms with E-state index < -0.39 is 0 Å². The Morgan fingerprint density at radius 3 is 2.50 bits per heavy atom. The van der Waals surface area contributed by atoms with Gasteiger partial charge < -0.3 is 10.2 Å². The molecule has 14 heavy (non-hydrogen) atoms. The van der Waals surface area contributed by atoms with Crippen LogP contribution in [0.3, 0.4) is 0 Å². The van der Waals surface area contributed by atoms with Gasteiger partial charge in [-0.15, -0.1) is 0 Å². The maximum absolute atomic E-state index is 9.09. The molecule has 2 rings (SSSR count). The summed E-state index contributed by atoms with van der Waals surface area (Å²) in [6.07, 6.45) is 0. The molecule has 0 saturated carbocycles. The molecule has 1 heterocycles. The van der Waals surface area contributed by atoms with Crippen molar-refractivity contribution in [3.05, 3.63) is 36.0 Å². The molecule has 2 aromatic rings. The normalized spacial score (nSPS) is 10.4. The summed E-state index contributed by atoms with van der Waals surface area (Å²) in [5.41, 5.74) is 2.33. The number of aromatic amines is 1. The highest BCUT2D eigenvalue weighted by Crippen LogP contribution is 2.20. The Bertz CT molecular complexity index is 420. The fraction of sp³-hybridized carbons (Fsp3) is 0.100. The molecule has 72 valence electrons. The molecule has 4 heteroatoms. The van der Waals surface area contributed by atoms with Crippen molar-refractivity contribution in [2.24, 2.45) is 0 Å². The molecule has 0 aliphatic heterocycles. The predicted octanol–water partition coefficient (Wildman–Crippen LogP) is 1.27. The van der Waals surface area contributed by atoms with Gasteiger partial charge in [0, 0.05) is 5.56 Å². The van der Waals surface area contributed by atoms with Crippen LogP contribution in [0.15, 0.2) is 30.3 Å². The Labute approximate surface area is 80.8 Å². The number of aliphatic hydroxyl groups excluding tert-OH is 1. The largest absolute Gasteiger partial charge is 0.508 e. The third kappa shape index (κ3) is 1.60. The first-order valence-corrected chi connectivity index (χ1v) is 4.24. The second-order valence-electron chi connectivity index (χ2n) is 2.98. The van der Waals surface area contributed by atoms with Gasteiger partial charge in [0.25, 0.3) is 0 Å². The zero-order chi connectivity index (χ0) is 9.97. The van der Waals surface area contributed by atoms with Crippen LogP contribution in [0.2, 0.25) is 0 Å². The quantitative estimate of drug-likeness (QED) is 0.668. The lowest BCUT2D eigenvalue weighted by atomic mass is 10.1. The summed E-state index contributed by atoms with van der Waals surface area (Å²) in [6.45, 7) is -0.0505.